The van der Waals surface area contributed by atoms with Gasteiger partial charge in [0.1, 0.15) is 0 Å². The fourth-order valence-corrected chi connectivity index (χ4v) is 7.56. The number of carbonyl (C=O) groups is 1. The number of rotatable bonds is 45. The topological polar surface area (TPSA) is 69.6 Å². The number of aliphatic hydroxyl groups excluding tert-OH is 2. The summed E-state index contributed by atoms with van der Waals surface area (Å²) in [7, 11) is 0. The van der Waals surface area contributed by atoms with E-state index in [1.165, 1.54) is 205 Å². The highest BCUT2D eigenvalue weighted by Crippen LogP contribution is 2.16. The van der Waals surface area contributed by atoms with Crippen LogP contribution in [0.2, 0.25) is 0 Å². The maximum Gasteiger partial charge on any atom is 0.220 e. The van der Waals surface area contributed by atoms with Crippen LogP contribution in [0.5, 0.6) is 0 Å². The van der Waals surface area contributed by atoms with Crippen molar-refractivity contribution >= 4 is 5.91 Å². The predicted octanol–water partition coefficient (Wildman–Crippen LogP) is 15.7. The Hall–Kier alpha value is -1.39. The number of aliphatic hydroxyl groups is 2. The molecule has 0 aromatic rings. The molecule has 2 atom stereocenters. The van der Waals surface area contributed by atoms with Crippen molar-refractivity contribution < 1.29 is 15.0 Å². The van der Waals surface area contributed by atoms with Gasteiger partial charge in [-0.1, -0.05) is 249 Å². The maximum absolute atomic E-state index is 12.4. The molecule has 0 aliphatic rings. The van der Waals surface area contributed by atoms with Crippen LogP contribution in [-0.2, 0) is 4.79 Å². The summed E-state index contributed by atoms with van der Waals surface area (Å²) in [5.41, 5.74) is 0. The Morgan fingerprint density at radius 1 is 0.418 bits per heavy atom. The molecular formula is C51H97NO3. The fraction of sp³-hybridized carbons (Fsp3) is 0.863. The number of nitrogens with one attached hydrogen (secondary N) is 1. The lowest BCUT2D eigenvalue weighted by molar-refractivity contribution is -0.123. The van der Waals surface area contributed by atoms with E-state index in [4.69, 9.17) is 0 Å². The molecule has 0 saturated carbocycles. The number of allylic oxidation sites excluding steroid dienone is 5. The molecule has 324 valence electrons. The molecule has 4 heteroatoms. The van der Waals surface area contributed by atoms with Gasteiger partial charge >= 0.3 is 0 Å². The Morgan fingerprint density at radius 3 is 1.05 bits per heavy atom. The third-order valence-electron chi connectivity index (χ3n) is 11.4. The number of carbonyl (C=O) groups excluding carboxylic acids is 1. The van der Waals surface area contributed by atoms with Crippen LogP contribution in [0.4, 0.5) is 0 Å². The highest BCUT2D eigenvalue weighted by molar-refractivity contribution is 5.76. The summed E-state index contributed by atoms with van der Waals surface area (Å²) in [4.78, 5) is 12.4. The third-order valence-corrected chi connectivity index (χ3v) is 11.4. The molecule has 0 fully saturated rings. The van der Waals surface area contributed by atoms with E-state index >= 15 is 0 Å². The van der Waals surface area contributed by atoms with E-state index in [-0.39, 0.29) is 12.5 Å². The molecule has 1 amide bonds. The molecule has 0 aromatic heterocycles. The molecule has 0 saturated heterocycles. The zero-order valence-corrected chi connectivity index (χ0v) is 37.2. The summed E-state index contributed by atoms with van der Waals surface area (Å²) in [6.45, 7) is 4.31. The first kappa shape index (κ1) is 53.6. The van der Waals surface area contributed by atoms with Crippen molar-refractivity contribution in [2.45, 2.75) is 276 Å². The van der Waals surface area contributed by atoms with E-state index in [2.05, 4.69) is 43.5 Å². The molecule has 0 aliphatic heterocycles. The normalized spacial score (nSPS) is 13.2. The summed E-state index contributed by atoms with van der Waals surface area (Å²) < 4.78 is 0. The molecule has 0 heterocycles. The molecule has 0 aliphatic carbocycles. The smallest absolute Gasteiger partial charge is 0.220 e. The second-order valence-corrected chi connectivity index (χ2v) is 16.9. The average molecular weight is 772 g/mol. The van der Waals surface area contributed by atoms with E-state index in [0.29, 0.717) is 6.42 Å². The van der Waals surface area contributed by atoms with Crippen molar-refractivity contribution in [3.63, 3.8) is 0 Å². The lowest BCUT2D eigenvalue weighted by atomic mass is 10.0. The van der Waals surface area contributed by atoms with Gasteiger partial charge in [-0.2, -0.15) is 0 Å². The van der Waals surface area contributed by atoms with E-state index in [9.17, 15) is 15.0 Å². The van der Waals surface area contributed by atoms with Crippen molar-refractivity contribution in [2.75, 3.05) is 6.61 Å². The van der Waals surface area contributed by atoms with E-state index in [0.717, 1.165) is 38.5 Å². The minimum atomic E-state index is -0.867. The quantitative estimate of drug-likeness (QED) is 0.0426. The van der Waals surface area contributed by atoms with Gasteiger partial charge in [0.05, 0.1) is 18.8 Å². The lowest BCUT2D eigenvalue weighted by Gasteiger charge is -2.19. The minimum Gasteiger partial charge on any atom is -0.394 e. The first-order chi connectivity index (χ1) is 27.2. The van der Waals surface area contributed by atoms with Crippen molar-refractivity contribution in [2.24, 2.45) is 0 Å². The summed E-state index contributed by atoms with van der Waals surface area (Å²) in [6.07, 6.45) is 62.9. The third kappa shape index (κ3) is 43.6. The molecule has 0 radical (unpaired) electrons. The van der Waals surface area contributed by atoms with Gasteiger partial charge in [0, 0.05) is 6.42 Å². The Morgan fingerprint density at radius 2 is 0.709 bits per heavy atom. The number of hydrogen-bond acceptors (Lipinski definition) is 3. The Balaban J connectivity index is 3.54. The largest absolute Gasteiger partial charge is 0.394 e. The molecule has 0 aromatic carbocycles. The zero-order valence-electron chi connectivity index (χ0n) is 37.2. The van der Waals surface area contributed by atoms with Crippen LogP contribution in [-0.4, -0.2) is 34.9 Å². The van der Waals surface area contributed by atoms with Crippen LogP contribution in [0.15, 0.2) is 36.5 Å². The second kappa shape index (κ2) is 47.0. The summed E-state index contributed by atoms with van der Waals surface area (Å²) >= 11 is 0. The first-order valence-corrected chi connectivity index (χ1v) is 24.7. The molecule has 55 heavy (non-hydrogen) atoms. The standard InChI is InChI=1S/C51H97NO3/c1-3-5-7-9-11-13-15-17-18-19-20-21-22-23-24-25-26-27-28-29-30-31-32-33-35-36-38-40-42-44-46-50(54)49(48-53)52-51(55)47-45-43-41-39-37-34-16-14-12-10-8-6-4-2/h31-32,36,38,44,46,49-50,53-54H,3-30,33-35,37,39-43,45,47-48H2,1-2H3,(H,52,55)/b32-31+,38-36+,46-44+. The molecule has 0 rings (SSSR count). The van der Waals surface area contributed by atoms with Crippen molar-refractivity contribution in [3.8, 4) is 0 Å². The Bertz CT molecular complexity index is 836. The van der Waals surface area contributed by atoms with Crippen LogP contribution in [0.1, 0.15) is 264 Å². The molecular weight excluding hydrogens is 675 g/mol. The van der Waals surface area contributed by atoms with Crippen LogP contribution < -0.4 is 5.32 Å². The molecule has 4 nitrogen and oxygen atoms in total. The van der Waals surface area contributed by atoms with Gasteiger partial charge in [0.15, 0.2) is 0 Å². The van der Waals surface area contributed by atoms with Crippen LogP contribution in [0.25, 0.3) is 0 Å². The van der Waals surface area contributed by atoms with E-state index in [1.54, 1.807) is 6.08 Å². The SMILES string of the molecule is CCCCCCCCCCCCCCCCCCCCCC/C=C/CC/C=C/CC/C=C/C(O)C(CO)NC(=O)CCCCCCCCCCCCCCC. The molecule has 0 bridgehead atoms. The average Bonchev–Trinajstić information content (AvgIpc) is 3.19. The predicted molar refractivity (Wildman–Crippen MR) is 244 cm³/mol. The van der Waals surface area contributed by atoms with Crippen LogP contribution in [0.3, 0.4) is 0 Å². The van der Waals surface area contributed by atoms with Gasteiger partial charge in [-0.25, -0.2) is 0 Å². The first-order valence-electron chi connectivity index (χ1n) is 24.7. The Kier molecular flexibility index (Phi) is 45.8. The summed E-state index contributed by atoms with van der Waals surface area (Å²) in [5.74, 6) is -0.0766. The van der Waals surface area contributed by atoms with Gasteiger partial charge < -0.3 is 15.5 Å². The van der Waals surface area contributed by atoms with Crippen molar-refractivity contribution in [1.29, 1.82) is 0 Å². The number of amides is 1. The highest BCUT2D eigenvalue weighted by Gasteiger charge is 2.17. The second-order valence-electron chi connectivity index (χ2n) is 16.9. The van der Waals surface area contributed by atoms with Gasteiger partial charge in [-0.3, -0.25) is 4.79 Å². The molecule has 2 unspecified atom stereocenters. The summed E-state index contributed by atoms with van der Waals surface area (Å²) in [6, 6.07) is -0.642. The molecule has 3 N–H and O–H groups in total. The highest BCUT2D eigenvalue weighted by atomic mass is 16.3. The fourth-order valence-electron chi connectivity index (χ4n) is 7.56. The van der Waals surface area contributed by atoms with Crippen LogP contribution in [0, 0.1) is 0 Å². The minimum absolute atomic E-state index is 0.0766. The van der Waals surface area contributed by atoms with Crippen molar-refractivity contribution in [3.05, 3.63) is 36.5 Å². The Labute approximate surface area is 344 Å². The van der Waals surface area contributed by atoms with Crippen LogP contribution >= 0.6 is 0 Å². The van der Waals surface area contributed by atoms with E-state index < -0.39 is 12.1 Å². The maximum atomic E-state index is 12.4. The van der Waals surface area contributed by atoms with E-state index in [1.807, 2.05) is 6.08 Å². The molecule has 0 spiro atoms. The van der Waals surface area contributed by atoms with Gasteiger partial charge in [0.2, 0.25) is 5.91 Å². The zero-order chi connectivity index (χ0) is 40.0. The number of hydrogen-bond donors (Lipinski definition) is 3. The van der Waals surface area contributed by atoms with Crippen molar-refractivity contribution in [1.82, 2.24) is 5.32 Å². The van der Waals surface area contributed by atoms with Gasteiger partial charge in [0.25, 0.3) is 0 Å². The summed E-state index contributed by atoms with van der Waals surface area (Å²) in [5, 5.41) is 23.0. The number of unbranched alkanes of at least 4 members (excludes halogenated alkanes) is 34. The lowest BCUT2D eigenvalue weighted by Crippen LogP contribution is -2.45. The van der Waals surface area contributed by atoms with Gasteiger partial charge in [-0.15, -0.1) is 0 Å². The monoisotopic (exact) mass is 772 g/mol. The van der Waals surface area contributed by atoms with Gasteiger partial charge in [-0.05, 0) is 44.9 Å².